The molecule has 2 N–H and O–H groups in total. The van der Waals surface area contributed by atoms with Gasteiger partial charge in [0.25, 0.3) is 0 Å². The van der Waals surface area contributed by atoms with Crippen LogP contribution in [-0.2, 0) is 25.8 Å². The highest BCUT2D eigenvalue weighted by Crippen LogP contribution is 2.65. The van der Waals surface area contributed by atoms with Gasteiger partial charge in [0.05, 0.1) is 29.7 Å². The van der Waals surface area contributed by atoms with Gasteiger partial charge in [0.15, 0.2) is 0 Å². The maximum absolute atomic E-state index is 14.3. The molecule has 11 nitrogen and oxygen atoms in total. The molecule has 0 aliphatic carbocycles. The van der Waals surface area contributed by atoms with Gasteiger partial charge in [-0.1, -0.05) is 30.3 Å². The molecule has 1 spiro atoms. The number of carbonyl (C=O) groups excluding carboxylic acids is 2. The van der Waals surface area contributed by atoms with Crippen LogP contribution in [0.25, 0.3) is 11.0 Å². The van der Waals surface area contributed by atoms with Crippen LogP contribution in [0.5, 0.6) is 0 Å². The Hall–Kier alpha value is -3.31. The number of carbonyl (C=O) groups is 3. The van der Waals surface area contributed by atoms with Crippen LogP contribution in [0.2, 0.25) is 0 Å². The number of aromatic nitrogens is 3. The van der Waals surface area contributed by atoms with E-state index in [-0.39, 0.29) is 25.7 Å². The second-order valence-corrected chi connectivity index (χ2v) is 10.4. The number of ether oxygens (including phenoxy) is 1. The molecule has 2 bridgehead atoms. The summed E-state index contributed by atoms with van der Waals surface area (Å²) in [4.78, 5) is 43.3. The zero-order valence-corrected chi connectivity index (χ0v) is 20.6. The summed E-state index contributed by atoms with van der Waals surface area (Å²) in [6.07, 6.45) is 1.95. The van der Waals surface area contributed by atoms with Gasteiger partial charge >= 0.3 is 5.97 Å². The molecule has 3 aliphatic rings. The monoisotopic (exact) mass is 497 g/mol. The van der Waals surface area contributed by atoms with Crippen LogP contribution < -0.4 is 0 Å². The van der Waals surface area contributed by atoms with E-state index >= 15 is 0 Å². The largest absolute Gasteiger partial charge is 0.481 e. The van der Waals surface area contributed by atoms with E-state index in [1.165, 1.54) is 9.80 Å². The molecule has 11 heteroatoms. The lowest BCUT2D eigenvalue weighted by atomic mass is 9.62. The Labute approximate surface area is 208 Å². The van der Waals surface area contributed by atoms with Gasteiger partial charge in [-0.15, -0.1) is 11.7 Å². The summed E-state index contributed by atoms with van der Waals surface area (Å²) >= 11 is 0. The molecule has 1 aromatic carbocycles. The van der Waals surface area contributed by atoms with E-state index in [2.05, 4.69) is 16.9 Å². The third-order valence-corrected chi connectivity index (χ3v) is 8.38. The third kappa shape index (κ3) is 3.15. The number of aliphatic carboxylic acids is 1. The van der Waals surface area contributed by atoms with Crippen molar-refractivity contribution in [1.29, 1.82) is 0 Å². The molecule has 36 heavy (non-hydrogen) atoms. The number of amides is 2. The summed E-state index contributed by atoms with van der Waals surface area (Å²) in [6, 6.07) is 5.57. The number of aliphatic hydroxyl groups is 1. The Morgan fingerprint density at radius 2 is 2.11 bits per heavy atom. The number of likely N-dealkylation sites (tertiary alicyclic amines) is 1. The van der Waals surface area contributed by atoms with Gasteiger partial charge < -0.3 is 24.7 Å². The van der Waals surface area contributed by atoms with E-state index in [0.717, 1.165) is 5.52 Å². The van der Waals surface area contributed by atoms with Crippen molar-refractivity contribution in [3.63, 3.8) is 0 Å². The summed E-state index contributed by atoms with van der Waals surface area (Å²) in [6.45, 7) is 8.89. The minimum Gasteiger partial charge on any atom is -0.481 e. The van der Waals surface area contributed by atoms with E-state index in [1.807, 2.05) is 31.2 Å². The third-order valence-electron chi connectivity index (χ3n) is 8.38. The smallest absolute Gasteiger partial charge is 0.310 e. The van der Waals surface area contributed by atoms with Gasteiger partial charge in [-0.25, -0.2) is 4.68 Å². The Balaban J connectivity index is 1.59. The van der Waals surface area contributed by atoms with Gasteiger partial charge in [0.1, 0.15) is 29.7 Å². The number of carboxylic acid groups (broad SMARTS) is 1. The van der Waals surface area contributed by atoms with Crippen LogP contribution in [0.1, 0.15) is 27.2 Å². The first-order chi connectivity index (χ1) is 17.1. The maximum Gasteiger partial charge on any atom is 0.310 e. The maximum atomic E-state index is 14.3. The van der Waals surface area contributed by atoms with Crippen molar-refractivity contribution in [3.8, 4) is 0 Å². The molecule has 2 amide bonds. The van der Waals surface area contributed by atoms with Gasteiger partial charge in [-0.2, -0.15) is 0 Å². The van der Waals surface area contributed by atoms with Crippen LogP contribution >= 0.6 is 0 Å². The molecule has 0 saturated carbocycles. The highest BCUT2D eigenvalue weighted by atomic mass is 16.5. The Morgan fingerprint density at radius 1 is 1.39 bits per heavy atom. The van der Waals surface area contributed by atoms with Crippen molar-refractivity contribution >= 4 is 28.8 Å². The van der Waals surface area contributed by atoms with E-state index in [0.29, 0.717) is 11.9 Å². The van der Waals surface area contributed by atoms with Crippen LogP contribution in [0.15, 0.2) is 36.9 Å². The van der Waals surface area contributed by atoms with Crippen LogP contribution in [0.4, 0.5) is 0 Å². The van der Waals surface area contributed by atoms with Gasteiger partial charge in [-0.05, 0) is 38.3 Å². The topological polar surface area (TPSA) is 138 Å². The second kappa shape index (κ2) is 8.38. The molecule has 2 aromatic rings. The fourth-order valence-corrected chi connectivity index (χ4v) is 6.62. The lowest BCUT2D eigenvalue weighted by Crippen LogP contribution is -2.58. The number of aliphatic hydroxyl groups excluding tert-OH is 1. The highest BCUT2D eigenvalue weighted by molar-refractivity contribution is 5.98. The second-order valence-electron chi connectivity index (χ2n) is 10.4. The summed E-state index contributed by atoms with van der Waals surface area (Å²) in [5.74, 6) is -4.29. The SMILES string of the molecule is C=CCN(Cn1nnc2ccccc21)C(=O)C1N([C@H](C)CO)C(=O)[C@@H]2[C@H](C(=O)O)[C@@]3(C)OC12CC3C. The molecule has 1 aromatic heterocycles. The quantitative estimate of drug-likeness (QED) is 0.513. The average Bonchev–Trinajstić information content (AvgIpc) is 3.51. The van der Waals surface area contributed by atoms with Crippen LogP contribution in [-0.4, -0.2) is 89.2 Å². The first-order valence-corrected chi connectivity index (χ1v) is 12.1. The minimum absolute atomic E-state index is 0.0489. The molecule has 7 atom stereocenters. The van der Waals surface area contributed by atoms with E-state index in [4.69, 9.17) is 4.74 Å². The lowest BCUT2D eigenvalue weighted by molar-refractivity contribution is -0.160. The van der Waals surface area contributed by atoms with Crippen molar-refractivity contribution in [3.05, 3.63) is 36.9 Å². The summed E-state index contributed by atoms with van der Waals surface area (Å²) < 4.78 is 8.08. The molecule has 3 aliphatic heterocycles. The molecular formula is C25H31N5O6. The van der Waals surface area contributed by atoms with Crippen LogP contribution in [0.3, 0.4) is 0 Å². The summed E-state index contributed by atoms with van der Waals surface area (Å²) in [5, 5.41) is 28.4. The molecule has 5 rings (SSSR count). The first kappa shape index (κ1) is 24.4. The Bertz CT molecular complexity index is 1250. The molecule has 3 unspecified atom stereocenters. The number of hydrogen-bond donors (Lipinski definition) is 2. The summed E-state index contributed by atoms with van der Waals surface area (Å²) in [7, 11) is 0. The van der Waals surface area contributed by atoms with Gasteiger partial charge in [0, 0.05) is 6.54 Å². The molecule has 3 saturated heterocycles. The molecule has 3 fully saturated rings. The number of benzene rings is 1. The number of hydrogen-bond acceptors (Lipinski definition) is 7. The van der Waals surface area contributed by atoms with Crippen molar-refractivity contribution in [2.45, 2.75) is 57.1 Å². The van der Waals surface area contributed by atoms with Crippen molar-refractivity contribution in [1.82, 2.24) is 24.8 Å². The molecule has 192 valence electrons. The zero-order valence-electron chi connectivity index (χ0n) is 20.6. The number of rotatable bonds is 8. The average molecular weight is 498 g/mol. The highest BCUT2D eigenvalue weighted by Gasteiger charge is 2.80. The van der Waals surface area contributed by atoms with Gasteiger partial charge in [-0.3, -0.25) is 14.4 Å². The number of carboxylic acids is 1. The molecule has 4 heterocycles. The Morgan fingerprint density at radius 3 is 2.78 bits per heavy atom. The van der Waals surface area contributed by atoms with Crippen molar-refractivity contribution in [2.24, 2.45) is 17.8 Å². The minimum atomic E-state index is -1.31. The molecular weight excluding hydrogens is 466 g/mol. The van der Waals surface area contributed by atoms with Gasteiger partial charge in [0.2, 0.25) is 11.8 Å². The fourth-order valence-electron chi connectivity index (χ4n) is 6.62. The predicted octanol–water partition coefficient (Wildman–Crippen LogP) is 0.880. The number of para-hydroxylation sites is 1. The van der Waals surface area contributed by atoms with Crippen molar-refractivity contribution in [2.75, 3.05) is 13.2 Å². The first-order valence-electron chi connectivity index (χ1n) is 12.1. The number of fused-ring (bicyclic) bond motifs is 2. The molecule has 0 radical (unpaired) electrons. The van der Waals surface area contributed by atoms with E-state index < -0.39 is 52.9 Å². The predicted molar refractivity (Wildman–Crippen MR) is 127 cm³/mol. The van der Waals surface area contributed by atoms with E-state index in [1.54, 1.807) is 24.6 Å². The standard InChI is InChI=1S/C25H31N5O6/c1-5-10-28(13-29-17-9-7-6-8-16(17)26-27-29)22(33)20-25-11-14(2)24(4,36-25)19(23(34)35)18(25)21(32)30(20)15(3)12-31/h5-9,14-15,18-20,31H,1,10-13H2,2-4H3,(H,34,35)/t14?,15-,18+,19-,20?,24+,25?/m1/s1. The lowest BCUT2D eigenvalue weighted by Gasteiger charge is -2.38. The Kier molecular flexibility index (Phi) is 5.68. The van der Waals surface area contributed by atoms with Crippen molar-refractivity contribution < 1.29 is 29.3 Å². The number of nitrogens with zero attached hydrogens (tertiary/aromatic N) is 5. The fraction of sp³-hybridized carbons (Fsp3) is 0.560. The van der Waals surface area contributed by atoms with Crippen LogP contribution in [0, 0.1) is 17.8 Å². The summed E-state index contributed by atoms with van der Waals surface area (Å²) in [5.41, 5.74) is -0.968. The zero-order chi connectivity index (χ0) is 26.0. The normalized spacial score (nSPS) is 33.7. The van der Waals surface area contributed by atoms with E-state index in [9.17, 15) is 24.6 Å².